The van der Waals surface area contributed by atoms with E-state index in [9.17, 15) is 14.4 Å². The topological polar surface area (TPSA) is 95.9 Å². The molecule has 0 bridgehead atoms. The average Bonchev–Trinajstić information content (AvgIpc) is 3.15. The summed E-state index contributed by atoms with van der Waals surface area (Å²) >= 11 is 3.39. The summed E-state index contributed by atoms with van der Waals surface area (Å²) in [6.45, 7) is 3.24. The summed E-state index contributed by atoms with van der Waals surface area (Å²) in [5.41, 5.74) is 5.12. The number of fused-ring (bicyclic) bond motifs is 3. The summed E-state index contributed by atoms with van der Waals surface area (Å²) < 4.78 is 6.16. The molecule has 4 rings (SSSR count). The molecule has 180 valence electrons. The molecule has 7 nitrogen and oxygen atoms in total. The zero-order valence-corrected chi connectivity index (χ0v) is 20.9. The summed E-state index contributed by atoms with van der Waals surface area (Å²) in [4.78, 5) is 38.0. The van der Waals surface area contributed by atoms with Crippen LogP contribution in [-0.4, -0.2) is 47.2 Å². The van der Waals surface area contributed by atoms with Gasteiger partial charge < -0.3 is 14.7 Å². The minimum atomic E-state index is -1.10. The summed E-state index contributed by atoms with van der Waals surface area (Å²) in [5.74, 6) is -1.60. The molecule has 0 saturated heterocycles. The quantitative estimate of drug-likeness (QED) is 0.401. The molecular weight excluding hydrogens is 512 g/mol. The number of ether oxygens (including phenoxy) is 1. The van der Waals surface area contributed by atoms with Crippen LogP contribution in [0.4, 0.5) is 10.5 Å². The molecule has 2 amide bonds. The van der Waals surface area contributed by atoms with Crippen LogP contribution in [0.25, 0.3) is 11.1 Å². The highest BCUT2D eigenvalue weighted by atomic mass is 79.9. The minimum Gasteiger partial charge on any atom is -0.480 e. The molecule has 0 heterocycles. The molecule has 1 aliphatic carbocycles. The first-order valence-electron chi connectivity index (χ1n) is 11.2. The molecule has 0 aromatic heterocycles. The molecule has 0 aliphatic heterocycles. The van der Waals surface area contributed by atoms with E-state index >= 15 is 0 Å². The highest BCUT2D eigenvalue weighted by Gasteiger charge is 2.29. The van der Waals surface area contributed by atoms with Crippen molar-refractivity contribution in [2.45, 2.75) is 25.8 Å². The number of carbonyl (C=O) groups excluding carboxylic acids is 2. The Bertz CT molecular complexity index is 1240. The van der Waals surface area contributed by atoms with Crippen molar-refractivity contribution in [1.29, 1.82) is 0 Å². The Hall–Kier alpha value is -3.65. The zero-order chi connectivity index (χ0) is 25.1. The predicted molar refractivity (Wildman–Crippen MR) is 137 cm³/mol. The Morgan fingerprint density at radius 3 is 2.17 bits per heavy atom. The number of hydrogen-bond donors (Lipinski definition) is 2. The molecule has 3 aromatic rings. The molecule has 0 spiro atoms. The van der Waals surface area contributed by atoms with Gasteiger partial charge in [0.2, 0.25) is 0 Å². The molecule has 0 saturated carbocycles. The highest BCUT2D eigenvalue weighted by molar-refractivity contribution is 9.10. The maximum absolute atomic E-state index is 12.9. The largest absolute Gasteiger partial charge is 0.480 e. The van der Waals surface area contributed by atoms with Crippen molar-refractivity contribution in [3.8, 4) is 11.1 Å². The first-order chi connectivity index (χ1) is 16.8. The van der Waals surface area contributed by atoms with Crippen molar-refractivity contribution in [1.82, 2.24) is 4.90 Å². The number of carboxylic acids is 1. The second kappa shape index (κ2) is 10.3. The van der Waals surface area contributed by atoms with Gasteiger partial charge in [0, 0.05) is 22.0 Å². The van der Waals surface area contributed by atoms with Crippen molar-refractivity contribution >= 4 is 39.6 Å². The van der Waals surface area contributed by atoms with Crippen molar-refractivity contribution < 1.29 is 24.2 Å². The Labute approximate surface area is 211 Å². The first-order valence-corrected chi connectivity index (χ1v) is 12.0. The first kappa shape index (κ1) is 24.5. The fourth-order valence-corrected chi connectivity index (χ4v) is 4.64. The van der Waals surface area contributed by atoms with Gasteiger partial charge in [0.15, 0.2) is 0 Å². The third-order valence-electron chi connectivity index (χ3n) is 5.98. The molecule has 0 atom stereocenters. The number of halogens is 1. The number of nitrogens with one attached hydrogen (secondary N) is 1. The number of rotatable bonds is 7. The van der Waals surface area contributed by atoms with Crippen LogP contribution in [0.15, 0.2) is 71.2 Å². The van der Waals surface area contributed by atoms with Gasteiger partial charge >= 0.3 is 12.1 Å². The van der Waals surface area contributed by atoms with E-state index in [1.807, 2.05) is 36.4 Å². The van der Waals surface area contributed by atoms with Gasteiger partial charge in [-0.3, -0.25) is 14.9 Å². The van der Waals surface area contributed by atoms with E-state index in [0.717, 1.165) is 22.3 Å². The molecule has 8 heteroatoms. The minimum absolute atomic E-state index is 0.0693. The van der Waals surface area contributed by atoms with Crippen molar-refractivity contribution in [3.05, 3.63) is 87.9 Å². The molecule has 2 N–H and O–H groups in total. The van der Waals surface area contributed by atoms with Crippen LogP contribution in [0, 0.1) is 0 Å². The Balaban J connectivity index is 1.47. The summed E-state index contributed by atoms with van der Waals surface area (Å²) in [5, 5.41) is 11.8. The zero-order valence-electron chi connectivity index (χ0n) is 19.3. The lowest BCUT2D eigenvalue weighted by molar-refractivity contribution is -0.138. The molecule has 35 heavy (non-hydrogen) atoms. The van der Waals surface area contributed by atoms with Crippen molar-refractivity contribution in [3.63, 3.8) is 0 Å². The molecule has 3 aromatic carbocycles. The highest BCUT2D eigenvalue weighted by Crippen LogP contribution is 2.44. The third-order valence-corrected chi connectivity index (χ3v) is 6.68. The normalized spacial score (nSPS) is 12.1. The Kier molecular flexibility index (Phi) is 7.21. The number of benzene rings is 3. The van der Waals surface area contributed by atoms with Crippen LogP contribution in [0.3, 0.4) is 0 Å². The number of hydrogen-bond acceptors (Lipinski definition) is 4. The monoisotopic (exact) mass is 536 g/mol. The number of carboxylic acid groups (broad SMARTS) is 1. The smallest absolute Gasteiger partial charge is 0.411 e. The standard InChI is InChI=1S/C27H25BrN2O5/c1-16(2)30(14-25(31)32)26(33)17-11-12-23(28)24(13-17)29-27(34)35-15-22-20-9-5-3-7-18(20)19-8-4-6-10-21(19)22/h3-13,16,22H,14-15H2,1-2H3,(H,29,34)(H,31,32). The second-order valence-electron chi connectivity index (χ2n) is 8.57. The van der Waals surface area contributed by atoms with E-state index in [2.05, 4.69) is 33.4 Å². The van der Waals surface area contributed by atoms with Crippen LogP contribution < -0.4 is 5.32 Å². The molecule has 0 unspecified atom stereocenters. The number of aliphatic carboxylic acids is 1. The maximum Gasteiger partial charge on any atom is 0.411 e. The number of nitrogens with zero attached hydrogens (tertiary/aromatic N) is 1. The van der Waals surface area contributed by atoms with Gasteiger partial charge in [0.05, 0.1) is 5.69 Å². The van der Waals surface area contributed by atoms with Gasteiger partial charge in [-0.05, 0) is 70.2 Å². The number of amides is 2. The van der Waals surface area contributed by atoms with E-state index in [-0.39, 0.29) is 24.1 Å². The van der Waals surface area contributed by atoms with Gasteiger partial charge in [-0.2, -0.15) is 0 Å². The maximum atomic E-state index is 12.9. The molecule has 1 aliphatic rings. The van der Waals surface area contributed by atoms with Crippen LogP contribution in [0.2, 0.25) is 0 Å². The van der Waals surface area contributed by atoms with Crippen LogP contribution in [0.5, 0.6) is 0 Å². The third kappa shape index (κ3) is 5.22. The fourth-order valence-electron chi connectivity index (χ4n) is 4.30. The van der Waals surface area contributed by atoms with Crippen LogP contribution in [0.1, 0.15) is 41.3 Å². The number of anilines is 1. The lowest BCUT2D eigenvalue weighted by Crippen LogP contribution is -2.40. The van der Waals surface area contributed by atoms with E-state index in [4.69, 9.17) is 9.84 Å². The molecular formula is C27H25BrN2O5. The molecule has 0 radical (unpaired) electrons. The second-order valence-corrected chi connectivity index (χ2v) is 9.42. The summed E-state index contributed by atoms with van der Waals surface area (Å²) in [7, 11) is 0. The molecule has 0 fully saturated rings. The summed E-state index contributed by atoms with van der Waals surface area (Å²) in [6, 6.07) is 20.6. The van der Waals surface area contributed by atoms with E-state index in [1.54, 1.807) is 26.0 Å². The van der Waals surface area contributed by atoms with E-state index < -0.39 is 24.5 Å². The average molecular weight is 537 g/mol. The Morgan fingerprint density at radius 1 is 1.00 bits per heavy atom. The SMILES string of the molecule is CC(C)N(CC(=O)O)C(=O)c1ccc(Br)c(NC(=O)OCC2c3ccccc3-c3ccccc32)c1. The van der Waals surface area contributed by atoms with E-state index in [1.165, 1.54) is 11.0 Å². The lowest BCUT2D eigenvalue weighted by Gasteiger charge is -2.25. The Morgan fingerprint density at radius 2 is 1.60 bits per heavy atom. The van der Waals surface area contributed by atoms with Gasteiger partial charge in [-0.1, -0.05) is 48.5 Å². The van der Waals surface area contributed by atoms with E-state index in [0.29, 0.717) is 10.2 Å². The summed E-state index contributed by atoms with van der Waals surface area (Å²) in [6.07, 6.45) is -0.650. The number of carbonyl (C=O) groups is 3. The van der Waals surface area contributed by atoms with Gasteiger partial charge in [0.1, 0.15) is 13.2 Å². The fraction of sp³-hybridized carbons (Fsp3) is 0.222. The van der Waals surface area contributed by atoms with Crippen LogP contribution >= 0.6 is 15.9 Å². The van der Waals surface area contributed by atoms with Gasteiger partial charge in [0.25, 0.3) is 5.91 Å². The van der Waals surface area contributed by atoms with Crippen molar-refractivity contribution in [2.24, 2.45) is 0 Å². The lowest BCUT2D eigenvalue weighted by atomic mass is 9.98. The van der Waals surface area contributed by atoms with Gasteiger partial charge in [-0.15, -0.1) is 0 Å². The van der Waals surface area contributed by atoms with Crippen LogP contribution in [-0.2, 0) is 9.53 Å². The predicted octanol–water partition coefficient (Wildman–Crippen LogP) is 5.75. The van der Waals surface area contributed by atoms with Gasteiger partial charge in [-0.25, -0.2) is 4.79 Å². The van der Waals surface area contributed by atoms with Crippen molar-refractivity contribution in [2.75, 3.05) is 18.5 Å².